The molecule has 5 heteroatoms. The summed E-state index contributed by atoms with van der Waals surface area (Å²) in [5.74, 6) is 0.575. The highest BCUT2D eigenvalue weighted by Gasteiger charge is 2.28. The van der Waals surface area contributed by atoms with E-state index in [1.54, 1.807) is 0 Å². The molecule has 0 bridgehead atoms. The zero-order valence-electron chi connectivity index (χ0n) is 9.87. The van der Waals surface area contributed by atoms with Crippen LogP contribution < -0.4 is 9.54 Å². The Morgan fingerprint density at radius 1 is 1.50 bits per heavy atom. The molecule has 1 unspecified atom stereocenters. The number of nitrogens with zero attached hydrogens (tertiary/aromatic N) is 2. The Morgan fingerprint density at radius 3 is 3.06 bits per heavy atom. The average molecular weight is 260 g/mol. The number of aryl methyl sites for hydroxylation is 1. The minimum atomic E-state index is -0.482. The van der Waals surface area contributed by atoms with Crippen molar-refractivity contribution in [2.24, 2.45) is 12.0 Å². The Balaban J connectivity index is 1.84. The van der Waals surface area contributed by atoms with Gasteiger partial charge in [-0.3, -0.25) is 4.79 Å². The Labute approximate surface area is 108 Å². The van der Waals surface area contributed by atoms with Crippen molar-refractivity contribution in [3.05, 3.63) is 46.2 Å². The van der Waals surface area contributed by atoms with Gasteiger partial charge in [-0.15, -0.1) is 11.3 Å². The predicted molar refractivity (Wildman–Crippen MR) is 68.4 cm³/mol. The molecule has 1 aliphatic rings. The summed E-state index contributed by atoms with van der Waals surface area (Å²) >= 11 is 1.44. The van der Waals surface area contributed by atoms with Gasteiger partial charge in [-0.2, -0.15) is 4.99 Å². The Bertz CT molecular complexity index is 632. The van der Waals surface area contributed by atoms with Crippen molar-refractivity contribution in [2.75, 3.05) is 0 Å². The third-order valence-electron chi connectivity index (χ3n) is 2.89. The van der Waals surface area contributed by atoms with E-state index >= 15 is 0 Å². The fraction of sp³-hybridized carbons (Fsp3) is 0.231. The van der Waals surface area contributed by atoms with E-state index in [0.717, 1.165) is 11.3 Å². The lowest BCUT2D eigenvalue weighted by molar-refractivity contribution is -0.124. The molecule has 0 saturated heterocycles. The number of carbonyl (C=O) groups excluding carboxylic acids is 1. The summed E-state index contributed by atoms with van der Waals surface area (Å²) in [6.07, 6.45) is 2.00. The van der Waals surface area contributed by atoms with E-state index in [4.69, 9.17) is 4.74 Å². The molecular formula is C13H12N2O2S. The molecule has 1 aromatic heterocycles. The van der Waals surface area contributed by atoms with Crippen LogP contribution >= 0.6 is 11.3 Å². The number of ether oxygens (including phenoxy) is 1. The smallest absolute Gasteiger partial charge is 0.289 e. The zero-order valence-corrected chi connectivity index (χ0v) is 10.7. The molecule has 2 aromatic rings. The summed E-state index contributed by atoms with van der Waals surface area (Å²) in [7, 11) is 1.87. The van der Waals surface area contributed by atoms with Crippen molar-refractivity contribution >= 4 is 17.2 Å². The van der Waals surface area contributed by atoms with Crippen molar-refractivity contribution in [3.63, 3.8) is 0 Å². The fourth-order valence-corrected chi connectivity index (χ4v) is 2.66. The number of hydrogen-bond acceptors (Lipinski definition) is 3. The van der Waals surface area contributed by atoms with Crippen LogP contribution in [0.2, 0.25) is 0 Å². The minimum Gasteiger partial charge on any atom is -0.480 e. The number of para-hydroxylation sites is 1. The molecule has 0 spiro atoms. The molecule has 4 nitrogen and oxygen atoms in total. The molecule has 18 heavy (non-hydrogen) atoms. The van der Waals surface area contributed by atoms with Crippen molar-refractivity contribution in [3.8, 4) is 5.75 Å². The quantitative estimate of drug-likeness (QED) is 0.780. The van der Waals surface area contributed by atoms with E-state index in [1.807, 2.05) is 47.5 Å². The third-order valence-corrected chi connectivity index (χ3v) is 3.74. The van der Waals surface area contributed by atoms with Crippen molar-refractivity contribution < 1.29 is 9.53 Å². The number of fused-ring (bicyclic) bond motifs is 1. The van der Waals surface area contributed by atoms with E-state index in [1.165, 1.54) is 11.3 Å². The van der Waals surface area contributed by atoms with Crippen LogP contribution in [0.1, 0.15) is 5.56 Å². The molecule has 0 saturated carbocycles. The van der Waals surface area contributed by atoms with Gasteiger partial charge in [0.15, 0.2) is 10.9 Å². The first kappa shape index (κ1) is 11.2. The van der Waals surface area contributed by atoms with Gasteiger partial charge in [0.25, 0.3) is 5.91 Å². The molecule has 3 rings (SSSR count). The second-order valence-electron chi connectivity index (χ2n) is 4.16. The lowest BCUT2D eigenvalue weighted by Gasteiger charge is -2.04. The predicted octanol–water partition coefficient (Wildman–Crippen LogP) is 1.52. The molecule has 92 valence electrons. The molecule has 1 aliphatic heterocycles. The summed E-state index contributed by atoms with van der Waals surface area (Å²) in [5, 5.41) is 1.90. The highest BCUT2D eigenvalue weighted by molar-refractivity contribution is 7.07. The van der Waals surface area contributed by atoms with Gasteiger partial charge in [0.05, 0.1) is 0 Å². The van der Waals surface area contributed by atoms with Crippen LogP contribution in [0.4, 0.5) is 0 Å². The van der Waals surface area contributed by atoms with Crippen LogP contribution in [0.3, 0.4) is 0 Å². The number of carbonyl (C=O) groups is 1. The van der Waals surface area contributed by atoms with Crippen molar-refractivity contribution in [2.45, 2.75) is 12.5 Å². The van der Waals surface area contributed by atoms with Gasteiger partial charge >= 0.3 is 0 Å². The first-order valence-corrected chi connectivity index (χ1v) is 6.55. The minimum absolute atomic E-state index is 0.218. The van der Waals surface area contributed by atoms with Crippen molar-refractivity contribution in [1.82, 2.24) is 4.57 Å². The van der Waals surface area contributed by atoms with Crippen LogP contribution in [0.5, 0.6) is 5.75 Å². The maximum Gasteiger partial charge on any atom is 0.289 e. The molecular weight excluding hydrogens is 248 g/mol. The van der Waals surface area contributed by atoms with Crippen LogP contribution in [0.15, 0.2) is 40.8 Å². The molecule has 0 fully saturated rings. The third kappa shape index (κ3) is 1.97. The second kappa shape index (κ2) is 4.42. The Morgan fingerprint density at radius 2 is 2.33 bits per heavy atom. The topological polar surface area (TPSA) is 43.6 Å². The lowest BCUT2D eigenvalue weighted by Crippen LogP contribution is -2.26. The number of aromatic nitrogens is 1. The van der Waals surface area contributed by atoms with Gasteiger partial charge in [-0.05, 0) is 11.6 Å². The number of hydrogen-bond donors (Lipinski definition) is 0. The highest BCUT2D eigenvalue weighted by Crippen LogP contribution is 2.28. The van der Waals surface area contributed by atoms with E-state index in [-0.39, 0.29) is 5.91 Å². The van der Waals surface area contributed by atoms with E-state index in [0.29, 0.717) is 11.2 Å². The first-order chi connectivity index (χ1) is 8.74. The Hall–Kier alpha value is -1.88. The number of rotatable bonds is 1. The molecule has 1 amide bonds. The number of benzene rings is 1. The molecule has 0 aliphatic carbocycles. The standard InChI is InChI=1S/C13H12N2O2S/c1-15-6-7-18-13(15)14-12(16)11-8-9-4-2-3-5-10(9)17-11/h2-7,11H,8H2,1H3. The first-order valence-electron chi connectivity index (χ1n) is 5.67. The molecule has 1 atom stereocenters. The van der Waals surface area contributed by atoms with Gasteiger partial charge in [-0.1, -0.05) is 18.2 Å². The van der Waals surface area contributed by atoms with Gasteiger partial charge in [0, 0.05) is 25.0 Å². The monoisotopic (exact) mass is 260 g/mol. The average Bonchev–Trinajstić information content (AvgIpc) is 2.96. The Kier molecular flexibility index (Phi) is 2.76. The molecule has 0 N–H and O–H groups in total. The van der Waals surface area contributed by atoms with Gasteiger partial charge < -0.3 is 9.30 Å². The largest absolute Gasteiger partial charge is 0.480 e. The lowest BCUT2D eigenvalue weighted by atomic mass is 10.1. The van der Waals surface area contributed by atoms with Crippen LogP contribution in [-0.2, 0) is 18.3 Å². The molecule has 2 heterocycles. The number of thiazole rings is 1. The summed E-state index contributed by atoms with van der Waals surface area (Å²) in [5.41, 5.74) is 1.07. The molecule has 0 radical (unpaired) electrons. The van der Waals surface area contributed by atoms with Crippen molar-refractivity contribution in [1.29, 1.82) is 0 Å². The summed E-state index contributed by atoms with van der Waals surface area (Å²) in [6, 6.07) is 7.72. The maximum absolute atomic E-state index is 12.0. The fourth-order valence-electron chi connectivity index (χ4n) is 1.92. The number of amides is 1. The van der Waals surface area contributed by atoms with E-state index in [2.05, 4.69) is 4.99 Å². The molecule has 1 aromatic carbocycles. The summed E-state index contributed by atoms with van der Waals surface area (Å²) in [4.78, 5) is 16.8. The van der Waals surface area contributed by atoms with E-state index < -0.39 is 6.10 Å². The SMILES string of the molecule is Cn1ccsc1=NC(=O)C1Cc2ccccc2O1. The van der Waals surface area contributed by atoms with E-state index in [9.17, 15) is 4.79 Å². The normalized spacial score (nSPS) is 18.5. The van der Waals surface area contributed by atoms with Crippen LogP contribution in [-0.4, -0.2) is 16.6 Å². The zero-order chi connectivity index (χ0) is 12.5. The van der Waals surface area contributed by atoms with Gasteiger partial charge in [0.1, 0.15) is 5.75 Å². The van der Waals surface area contributed by atoms with Crippen LogP contribution in [0, 0.1) is 0 Å². The second-order valence-corrected chi connectivity index (χ2v) is 5.04. The van der Waals surface area contributed by atoms with Gasteiger partial charge in [0.2, 0.25) is 0 Å². The van der Waals surface area contributed by atoms with Crippen LogP contribution in [0.25, 0.3) is 0 Å². The highest BCUT2D eigenvalue weighted by atomic mass is 32.1. The summed E-state index contributed by atoms with van der Waals surface area (Å²) in [6.45, 7) is 0. The van der Waals surface area contributed by atoms with Gasteiger partial charge in [-0.25, -0.2) is 0 Å². The summed E-state index contributed by atoms with van der Waals surface area (Å²) < 4.78 is 7.43. The maximum atomic E-state index is 12.0.